The van der Waals surface area contributed by atoms with E-state index in [4.69, 9.17) is 14.6 Å². The highest BCUT2D eigenvalue weighted by atomic mass is 16.7. The molecule has 0 fully saturated rings. The van der Waals surface area contributed by atoms with Gasteiger partial charge in [-0.15, -0.1) is 0 Å². The topological polar surface area (TPSA) is 55.8 Å². The van der Waals surface area contributed by atoms with Crippen molar-refractivity contribution < 1.29 is 19.4 Å². The molecule has 0 radical (unpaired) electrons. The number of hydrogen-bond donors (Lipinski definition) is 1. The van der Waals surface area contributed by atoms with E-state index in [0.717, 1.165) is 0 Å². The van der Waals surface area contributed by atoms with E-state index in [2.05, 4.69) is 0 Å². The highest BCUT2D eigenvalue weighted by Gasteiger charge is 2.27. The van der Waals surface area contributed by atoms with Crippen molar-refractivity contribution in [3.8, 4) is 0 Å². The quantitative estimate of drug-likeness (QED) is 0.486. The molecule has 0 spiro atoms. The molecule has 0 aliphatic carbocycles. The summed E-state index contributed by atoms with van der Waals surface area (Å²) in [5, 5.41) is 8.68. The van der Waals surface area contributed by atoms with Crippen LogP contribution in [0, 0.1) is 5.41 Å². The van der Waals surface area contributed by atoms with E-state index >= 15 is 0 Å². The molecule has 0 aromatic heterocycles. The second-order valence-corrected chi connectivity index (χ2v) is 3.15. The summed E-state index contributed by atoms with van der Waals surface area (Å²) < 4.78 is 9.89. The first-order valence-electron chi connectivity index (χ1n) is 3.89. The lowest BCUT2D eigenvalue weighted by Gasteiger charge is -2.18. The molecule has 0 aromatic rings. The molecular weight excluding hydrogens is 160 g/mol. The Morgan fingerprint density at radius 3 is 2.42 bits per heavy atom. The van der Waals surface area contributed by atoms with Crippen molar-refractivity contribution in [2.45, 2.75) is 20.8 Å². The minimum atomic E-state index is -0.862. The van der Waals surface area contributed by atoms with Crippen molar-refractivity contribution in [2.75, 3.05) is 20.0 Å². The lowest BCUT2D eigenvalue weighted by molar-refractivity contribution is -0.154. The molecule has 0 heterocycles. The average Bonchev–Trinajstić information content (AvgIpc) is 1.98. The SMILES string of the molecule is CCOCOCC(C)(C)C(=O)O. The molecule has 0 saturated carbocycles. The maximum Gasteiger partial charge on any atom is 0.311 e. The number of hydrogen-bond acceptors (Lipinski definition) is 3. The zero-order valence-electron chi connectivity index (χ0n) is 7.79. The van der Waals surface area contributed by atoms with Crippen LogP contribution in [-0.2, 0) is 14.3 Å². The molecule has 4 nitrogen and oxygen atoms in total. The summed E-state index contributed by atoms with van der Waals surface area (Å²) >= 11 is 0. The zero-order valence-corrected chi connectivity index (χ0v) is 7.79. The molecule has 0 aliphatic heterocycles. The largest absolute Gasteiger partial charge is 0.481 e. The first kappa shape index (κ1) is 11.4. The molecule has 4 heteroatoms. The molecule has 1 N–H and O–H groups in total. The van der Waals surface area contributed by atoms with Gasteiger partial charge in [0.15, 0.2) is 0 Å². The van der Waals surface area contributed by atoms with Crippen LogP contribution in [0.1, 0.15) is 20.8 Å². The fraction of sp³-hybridized carbons (Fsp3) is 0.875. The van der Waals surface area contributed by atoms with Crippen LogP contribution in [0.5, 0.6) is 0 Å². The Hall–Kier alpha value is -0.610. The third-order valence-electron chi connectivity index (χ3n) is 1.41. The molecule has 0 rings (SSSR count). The summed E-state index contributed by atoms with van der Waals surface area (Å²) in [7, 11) is 0. The molecule has 0 amide bonds. The van der Waals surface area contributed by atoms with Crippen LogP contribution in [0.2, 0.25) is 0 Å². The van der Waals surface area contributed by atoms with Gasteiger partial charge in [-0.2, -0.15) is 0 Å². The van der Waals surface area contributed by atoms with E-state index in [1.807, 2.05) is 6.92 Å². The lowest BCUT2D eigenvalue weighted by Crippen LogP contribution is -2.29. The monoisotopic (exact) mass is 176 g/mol. The summed E-state index contributed by atoms with van der Waals surface area (Å²) in [6.07, 6.45) is 0. The number of ether oxygens (including phenoxy) is 2. The van der Waals surface area contributed by atoms with Crippen molar-refractivity contribution in [3.63, 3.8) is 0 Å². The normalized spacial score (nSPS) is 11.6. The Morgan fingerprint density at radius 1 is 1.42 bits per heavy atom. The van der Waals surface area contributed by atoms with Crippen LogP contribution in [-0.4, -0.2) is 31.1 Å². The van der Waals surface area contributed by atoms with E-state index in [9.17, 15) is 4.79 Å². The summed E-state index contributed by atoms with van der Waals surface area (Å²) in [6.45, 7) is 5.98. The van der Waals surface area contributed by atoms with E-state index in [1.165, 1.54) is 0 Å². The molecule has 0 atom stereocenters. The first-order chi connectivity index (χ1) is 5.50. The van der Waals surface area contributed by atoms with Crippen LogP contribution in [0.25, 0.3) is 0 Å². The standard InChI is InChI=1S/C8H16O4/c1-4-11-6-12-5-8(2,3)7(9)10/h4-6H2,1-3H3,(H,9,10). The molecule has 0 aromatic carbocycles. The number of carboxylic acid groups (broad SMARTS) is 1. The van der Waals surface area contributed by atoms with Gasteiger partial charge in [0.05, 0.1) is 12.0 Å². The maximum absolute atomic E-state index is 10.6. The second kappa shape index (κ2) is 5.11. The van der Waals surface area contributed by atoms with Gasteiger partial charge in [0.25, 0.3) is 0 Å². The molecule has 72 valence electrons. The van der Waals surface area contributed by atoms with Gasteiger partial charge in [0.2, 0.25) is 0 Å². The first-order valence-corrected chi connectivity index (χ1v) is 3.89. The van der Waals surface area contributed by atoms with Gasteiger partial charge >= 0.3 is 5.97 Å². The molecule has 0 aliphatic rings. The van der Waals surface area contributed by atoms with Crippen molar-refractivity contribution in [2.24, 2.45) is 5.41 Å². The predicted octanol–water partition coefficient (Wildman–Crippen LogP) is 1.11. The van der Waals surface area contributed by atoms with Crippen LogP contribution < -0.4 is 0 Å². The van der Waals surface area contributed by atoms with Crippen molar-refractivity contribution in [3.05, 3.63) is 0 Å². The van der Waals surface area contributed by atoms with E-state index in [0.29, 0.717) is 6.61 Å². The van der Waals surface area contributed by atoms with Crippen LogP contribution >= 0.6 is 0 Å². The summed E-state index contributed by atoms with van der Waals surface area (Å²) in [6, 6.07) is 0. The average molecular weight is 176 g/mol. The Balaban J connectivity index is 3.54. The van der Waals surface area contributed by atoms with Crippen LogP contribution in [0.15, 0.2) is 0 Å². The second-order valence-electron chi connectivity index (χ2n) is 3.15. The third-order valence-corrected chi connectivity index (χ3v) is 1.41. The highest BCUT2D eigenvalue weighted by Crippen LogP contribution is 2.14. The van der Waals surface area contributed by atoms with Gasteiger partial charge < -0.3 is 14.6 Å². The lowest BCUT2D eigenvalue weighted by atomic mass is 9.95. The van der Waals surface area contributed by atoms with E-state index in [1.54, 1.807) is 13.8 Å². The van der Waals surface area contributed by atoms with Gasteiger partial charge in [-0.3, -0.25) is 4.79 Å². The fourth-order valence-corrected chi connectivity index (χ4v) is 0.501. The van der Waals surface area contributed by atoms with Gasteiger partial charge in [-0.1, -0.05) is 0 Å². The van der Waals surface area contributed by atoms with E-state index in [-0.39, 0.29) is 13.4 Å². The van der Waals surface area contributed by atoms with Crippen molar-refractivity contribution in [1.29, 1.82) is 0 Å². The Labute approximate surface area is 72.5 Å². The van der Waals surface area contributed by atoms with Gasteiger partial charge in [0, 0.05) is 6.61 Å². The van der Waals surface area contributed by atoms with Gasteiger partial charge in [-0.25, -0.2) is 0 Å². The number of aliphatic carboxylic acids is 1. The van der Waals surface area contributed by atoms with E-state index < -0.39 is 11.4 Å². The molecule has 0 bridgehead atoms. The maximum atomic E-state index is 10.6. The van der Waals surface area contributed by atoms with Crippen molar-refractivity contribution >= 4 is 5.97 Å². The van der Waals surface area contributed by atoms with Crippen LogP contribution in [0.3, 0.4) is 0 Å². The number of carbonyl (C=O) groups is 1. The summed E-state index contributed by atoms with van der Waals surface area (Å²) in [5.74, 6) is -0.862. The summed E-state index contributed by atoms with van der Waals surface area (Å²) in [5.41, 5.74) is -0.836. The smallest absolute Gasteiger partial charge is 0.311 e. The highest BCUT2D eigenvalue weighted by molar-refractivity contribution is 5.73. The fourth-order valence-electron chi connectivity index (χ4n) is 0.501. The Morgan fingerprint density at radius 2 is 2.00 bits per heavy atom. The molecular formula is C8H16O4. The number of carboxylic acids is 1. The van der Waals surface area contributed by atoms with Crippen LogP contribution in [0.4, 0.5) is 0 Å². The molecule has 12 heavy (non-hydrogen) atoms. The van der Waals surface area contributed by atoms with Gasteiger partial charge in [-0.05, 0) is 20.8 Å². The molecule has 0 unspecified atom stereocenters. The number of rotatable bonds is 6. The van der Waals surface area contributed by atoms with Gasteiger partial charge in [0.1, 0.15) is 6.79 Å². The minimum Gasteiger partial charge on any atom is -0.481 e. The summed E-state index contributed by atoms with van der Waals surface area (Å²) in [4.78, 5) is 10.6. The zero-order chi connectivity index (χ0) is 9.61. The molecule has 0 saturated heterocycles. The Kier molecular flexibility index (Phi) is 4.85. The third kappa shape index (κ3) is 4.31. The minimum absolute atomic E-state index is 0.160. The Bertz CT molecular complexity index is 142. The van der Waals surface area contributed by atoms with Crippen molar-refractivity contribution in [1.82, 2.24) is 0 Å². The predicted molar refractivity (Wildman–Crippen MR) is 43.9 cm³/mol.